The molecule has 4 aromatic rings. The van der Waals surface area contributed by atoms with Crippen LogP contribution in [0.25, 0.3) is 22.5 Å². The van der Waals surface area contributed by atoms with Crippen molar-refractivity contribution in [3.05, 3.63) is 83.9 Å². The first-order valence-corrected chi connectivity index (χ1v) is 19.2. The minimum Gasteiger partial charge on any atom is -0.465 e. The lowest BCUT2D eigenvalue weighted by atomic mass is 9.81. The van der Waals surface area contributed by atoms with Gasteiger partial charge in [-0.1, -0.05) is 42.5 Å². The maximum atomic E-state index is 13.9. The number of carbonyl (C=O) groups is 5. The average molecular weight is 780 g/mol. The van der Waals surface area contributed by atoms with Crippen molar-refractivity contribution in [1.82, 2.24) is 41.1 Å². The fraction of sp³-hybridized carbons (Fsp3) is 0.415. The Morgan fingerprint density at radius 3 is 2.14 bits per heavy atom. The first kappa shape index (κ1) is 40.3. The van der Waals surface area contributed by atoms with Gasteiger partial charge >= 0.3 is 12.2 Å². The van der Waals surface area contributed by atoms with E-state index in [0.717, 1.165) is 29.5 Å². The molecule has 1 saturated carbocycles. The van der Waals surface area contributed by atoms with Gasteiger partial charge in [0, 0.05) is 61.9 Å². The van der Waals surface area contributed by atoms with Crippen LogP contribution in [0.4, 0.5) is 15.3 Å². The van der Waals surface area contributed by atoms with Crippen molar-refractivity contribution >= 4 is 35.6 Å². The van der Waals surface area contributed by atoms with Crippen molar-refractivity contribution in [1.29, 1.82) is 0 Å². The van der Waals surface area contributed by atoms with Crippen LogP contribution in [0.15, 0.2) is 72.8 Å². The van der Waals surface area contributed by atoms with Crippen molar-refractivity contribution in [2.45, 2.75) is 64.5 Å². The number of aromatic amines is 1. The molecule has 1 aromatic heterocycles. The van der Waals surface area contributed by atoms with Gasteiger partial charge in [-0.25, -0.2) is 9.59 Å². The van der Waals surface area contributed by atoms with Crippen molar-refractivity contribution in [2.24, 2.45) is 11.8 Å². The van der Waals surface area contributed by atoms with E-state index in [4.69, 9.17) is 4.74 Å². The maximum Gasteiger partial charge on any atom is 0.407 e. The van der Waals surface area contributed by atoms with Gasteiger partial charge in [0.05, 0.1) is 0 Å². The number of carbonyl (C=O) groups excluding carboxylic acids is 4. The Balaban J connectivity index is 1.13. The van der Waals surface area contributed by atoms with Crippen LogP contribution >= 0.6 is 0 Å². The summed E-state index contributed by atoms with van der Waals surface area (Å²) in [6.07, 6.45) is 1.51. The largest absolute Gasteiger partial charge is 0.465 e. The van der Waals surface area contributed by atoms with E-state index in [0.29, 0.717) is 55.1 Å². The van der Waals surface area contributed by atoms with Crippen LogP contribution in [-0.4, -0.2) is 110 Å². The standard InChI is InChI=1S/C41H49N9O7/c1-41(2,3)57-39(54)42-25-27-10-14-30(15-11-27)36(51)44-34(37(52)43-31-18-16-29(17-19-31)35-45-47-48-46-35)24-26-8-12-28(13-9-26)32-6-4-5-7-33(32)38(53)49-20-22-50(23-21-49)40(55)56/h4-9,12-13,16-19,27,30,34H,10-11,14-15,20-25H2,1-3H3,(H,42,54)(H,43,52)(H,44,51)(H,55,56)(H,45,46,47,48)/t27-,30-,34-/m0/s1. The second-order valence-electron chi connectivity index (χ2n) is 15.5. The van der Waals surface area contributed by atoms with Crippen LogP contribution in [0.1, 0.15) is 62.4 Å². The van der Waals surface area contributed by atoms with Crippen LogP contribution in [0, 0.1) is 11.8 Å². The van der Waals surface area contributed by atoms with Crippen molar-refractivity contribution < 1.29 is 33.8 Å². The van der Waals surface area contributed by atoms with Gasteiger partial charge in [-0.2, -0.15) is 5.21 Å². The quantitative estimate of drug-likeness (QED) is 0.138. The Labute approximate surface area is 330 Å². The number of hydrogen-bond acceptors (Lipinski definition) is 9. The molecule has 1 aliphatic heterocycles. The summed E-state index contributed by atoms with van der Waals surface area (Å²) in [6, 6.07) is 21.0. The molecule has 3 aromatic carbocycles. The highest BCUT2D eigenvalue weighted by Crippen LogP contribution is 2.30. The molecular formula is C41H49N9O7. The Morgan fingerprint density at radius 2 is 1.51 bits per heavy atom. The number of amides is 5. The van der Waals surface area contributed by atoms with Crippen LogP contribution in [-0.2, 0) is 20.7 Å². The molecule has 16 heteroatoms. The summed E-state index contributed by atoms with van der Waals surface area (Å²) in [4.78, 5) is 67.7. The van der Waals surface area contributed by atoms with Gasteiger partial charge < -0.3 is 35.6 Å². The Bertz CT molecular complexity index is 2020. The van der Waals surface area contributed by atoms with Crippen LogP contribution in [0.5, 0.6) is 0 Å². The Morgan fingerprint density at radius 1 is 0.860 bits per heavy atom. The zero-order valence-corrected chi connectivity index (χ0v) is 32.4. The topological polar surface area (TPSA) is 212 Å². The van der Waals surface area contributed by atoms with Gasteiger partial charge in [-0.3, -0.25) is 14.4 Å². The third kappa shape index (κ3) is 10.9. The molecule has 300 valence electrons. The number of aromatic nitrogens is 4. The lowest BCUT2D eigenvalue weighted by molar-refractivity contribution is -0.130. The van der Waals surface area contributed by atoms with Gasteiger partial charge in [0.25, 0.3) is 5.91 Å². The Hall–Kier alpha value is -6.32. The monoisotopic (exact) mass is 779 g/mol. The van der Waals surface area contributed by atoms with E-state index in [1.807, 2.05) is 57.2 Å². The number of ether oxygens (including phenoxy) is 1. The third-order valence-electron chi connectivity index (χ3n) is 10.2. The first-order valence-electron chi connectivity index (χ1n) is 19.2. The molecule has 6 rings (SSSR count). The average Bonchev–Trinajstić information content (AvgIpc) is 3.75. The molecule has 5 N–H and O–H groups in total. The predicted molar refractivity (Wildman–Crippen MR) is 211 cm³/mol. The number of alkyl carbamates (subject to hydrolysis) is 1. The number of hydrogen-bond donors (Lipinski definition) is 5. The SMILES string of the molecule is CC(C)(C)OC(=O)NC[C@H]1CC[C@H](C(=O)N[C@@H](Cc2ccc(-c3ccccc3C(=O)N3CCN(C(=O)O)CC3)cc2)C(=O)Nc2ccc(-c3nn[nH]n3)cc2)CC1. The number of benzene rings is 3. The van der Waals surface area contributed by atoms with Crippen molar-refractivity contribution in [3.8, 4) is 22.5 Å². The molecule has 2 aliphatic rings. The fourth-order valence-corrected chi connectivity index (χ4v) is 7.13. The molecule has 5 amide bonds. The molecule has 0 bridgehead atoms. The molecule has 1 saturated heterocycles. The number of H-pyrrole nitrogens is 1. The van der Waals surface area contributed by atoms with E-state index in [2.05, 4.69) is 36.6 Å². The zero-order valence-electron chi connectivity index (χ0n) is 32.4. The predicted octanol–water partition coefficient (Wildman–Crippen LogP) is 4.97. The summed E-state index contributed by atoms with van der Waals surface area (Å²) in [6.45, 7) is 7.04. The van der Waals surface area contributed by atoms with Gasteiger partial charge in [0.15, 0.2) is 0 Å². The number of anilines is 1. The second kappa shape index (κ2) is 18.1. The minimum absolute atomic E-state index is 0.169. The maximum absolute atomic E-state index is 13.9. The normalized spacial score (nSPS) is 17.6. The highest BCUT2D eigenvalue weighted by Gasteiger charge is 2.31. The highest BCUT2D eigenvalue weighted by molar-refractivity contribution is 6.01. The van der Waals surface area contributed by atoms with E-state index in [9.17, 15) is 29.1 Å². The van der Waals surface area contributed by atoms with Crippen molar-refractivity contribution in [2.75, 3.05) is 38.0 Å². The van der Waals surface area contributed by atoms with E-state index in [-0.39, 0.29) is 49.1 Å². The summed E-state index contributed by atoms with van der Waals surface area (Å²) in [7, 11) is 0. The molecule has 1 aliphatic carbocycles. The summed E-state index contributed by atoms with van der Waals surface area (Å²) < 4.78 is 5.35. The van der Waals surface area contributed by atoms with Crippen molar-refractivity contribution in [3.63, 3.8) is 0 Å². The van der Waals surface area contributed by atoms with E-state index in [1.54, 1.807) is 41.3 Å². The number of nitrogens with zero attached hydrogens (tertiary/aromatic N) is 5. The van der Waals surface area contributed by atoms with Gasteiger partial charge in [0.1, 0.15) is 11.6 Å². The Kier molecular flexibility index (Phi) is 12.8. The molecular weight excluding hydrogens is 731 g/mol. The number of tetrazole rings is 1. The number of piperazine rings is 1. The van der Waals surface area contributed by atoms with E-state index in [1.165, 1.54) is 4.90 Å². The second-order valence-corrected chi connectivity index (χ2v) is 15.5. The smallest absolute Gasteiger partial charge is 0.407 e. The molecule has 2 fully saturated rings. The molecule has 1 atom stereocenters. The number of carboxylic acid groups (broad SMARTS) is 1. The highest BCUT2D eigenvalue weighted by atomic mass is 16.6. The van der Waals surface area contributed by atoms with Crippen LogP contribution in [0.3, 0.4) is 0 Å². The molecule has 2 heterocycles. The summed E-state index contributed by atoms with van der Waals surface area (Å²) in [5.74, 6) is -0.392. The first-order chi connectivity index (χ1) is 27.3. The fourth-order valence-electron chi connectivity index (χ4n) is 7.13. The van der Waals surface area contributed by atoms with Crippen LogP contribution in [0.2, 0.25) is 0 Å². The molecule has 0 radical (unpaired) electrons. The third-order valence-corrected chi connectivity index (χ3v) is 10.2. The van der Waals surface area contributed by atoms with Gasteiger partial charge in [-0.05, 0) is 105 Å². The summed E-state index contributed by atoms with van der Waals surface area (Å²) in [5, 5.41) is 32.1. The molecule has 0 unspecified atom stereocenters. The summed E-state index contributed by atoms with van der Waals surface area (Å²) in [5.41, 5.74) is 3.52. The molecule has 0 spiro atoms. The minimum atomic E-state index is -0.994. The van der Waals surface area contributed by atoms with Crippen LogP contribution < -0.4 is 16.0 Å². The lowest BCUT2D eigenvalue weighted by Gasteiger charge is -2.33. The van der Waals surface area contributed by atoms with E-state index >= 15 is 0 Å². The zero-order chi connectivity index (χ0) is 40.5. The summed E-state index contributed by atoms with van der Waals surface area (Å²) >= 11 is 0. The molecule has 57 heavy (non-hydrogen) atoms. The van der Waals surface area contributed by atoms with Gasteiger partial charge in [0.2, 0.25) is 17.6 Å². The van der Waals surface area contributed by atoms with E-state index < -0.39 is 23.8 Å². The molecule has 16 nitrogen and oxygen atoms in total. The number of nitrogens with one attached hydrogen (secondary N) is 4. The van der Waals surface area contributed by atoms with Gasteiger partial charge in [-0.15, -0.1) is 10.2 Å². The lowest BCUT2D eigenvalue weighted by Crippen LogP contribution is -2.50. The number of rotatable bonds is 11.